The first-order valence-corrected chi connectivity index (χ1v) is 6.46. The molecule has 0 amide bonds. The molecule has 5 heteroatoms. The molecule has 0 fully saturated rings. The van der Waals surface area contributed by atoms with Crippen molar-refractivity contribution in [3.63, 3.8) is 0 Å². The molecular formula is C13H24N4O. The summed E-state index contributed by atoms with van der Waals surface area (Å²) in [5.41, 5.74) is 1.09. The van der Waals surface area contributed by atoms with Crippen LogP contribution in [0.15, 0.2) is 6.20 Å². The van der Waals surface area contributed by atoms with Gasteiger partial charge in [-0.1, -0.05) is 6.92 Å². The lowest BCUT2D eigenvalue weighted by Crippen LogP contribution is -2.22. The summed E-state index contributed by atoms with van der Waals surface area (Å²) < 4.78 is 5.06. The number of methoxy groups -OCH3 is 1. The maximum atomic E-state index is 5.06. The van der Waals surface area contributed by atoms with Gasteiger partial charge < -0.3 is 15.0 Å². The summed E-state index contributed by atoms with van der Waals surface area (Å²) in [4.78, 5) is 11.0. The van der Waals surface area contributed by atoms with Crippen molar-refractivity contribution >= 4 is 11.8 Å². The fraction of sp³-hybridized carbons (Fsp3) is 0.692. The van der Waals surface area contributed by atoms with E-state index < -0.39 is 0 Å². The molecule has 18 heavy (non-hydrogen) atoms. The zero-order chi connectivity index (χ0) is 13.4. The smallest absolute Gasteiger partial charge is 0.224 e. The van der Waals surface area contributed by atoms with Crippen LogP contribution in [0, 0.1) is 6.92 Å². The summed E-state index contributed by atoms with van der Waals surface area (Å²) in [5.74, 6) is 1.69. The first-order chi connectivity index (χ1) is 8.69. The van der Waals surface area contributed by atoms with E-state index in [1.165, 1.54) is 0 Å². The van der Waals surface area contributed by atoms with E-state index in [2.05, 4.69) is 34.2 Å². The third-order valence-corrected chi connectivity index (χ3v) is 2.68. The Morgan fingerprint density at radius 1 is 1.44 bits per heavy atom. The number of anilines is 2. The number of nitrogens with zero attached hydrogens (tertiary/aromatic N) is 3. The number of hydrogen-bond acceptors (Lipinski definition) is 5. The van der Waals surface area contributed by atoms with Crippen molar-refractivity contribution in [2.75, 3.05) is 44.1 Å². The minimum atomic E-state index is 0.705. The minimum absolute atomic E-state index is 0.705. The van der Waals surface area contributed by atoms with Gasteiger partial charge in [0, 0.05) is 45.6 Å². The molecule has 0 bridgehead atoms. The second-order valence-electron chi connectivity index (χ2n) is 4.39. The molecule has 0 saturated carbocycles. The predicted molar refractivity (Wildman–Crippen MR) is 75.3 cm³/mol. The summed E-state index contributed by atoms with van der Waals surface area (Å²) >= 11 is 0. The van der Waals surface area contributed by atoms with Gasteiger partial charge in [0.1, 0.15) is 5.82 Å². The van der Waals surface area contributed by atoms with Crippen LogP contribution in [-0.4, -0.2) is 43.8 Å². The SMILES string of the molecule is CCCNc1ncc(C)c(N(C)CCCOC)n1. The second-order valence-corrected chi connectivity index (χ2v) is 4.39. The zero-order valence-corrected chi connectivity index (χ0v) is 11.9. The third-order valence-electron chi connectivity index (χ3n) is 2.68. The van der Waals surface area contributed by atoms with Crippen molar-refractivity contribution in [2.45, 2.75) is 26.7 Å². The van der Waals surface area contributed by atoms with Crippen LogP contribution < -0.4 is 10.2 Å². The van der Waals surface area contributed by atoms with Gasteiger partial charge in [-0.25, -0.2) is 4.98 Å². The topological polar surface area (TPSA) is 50.3 Å². The largest absolute Gasteiger partial charge is 0.385 e. The Labute approximate surface area is 110 Å². The quantitative estimate of drug-likeness (QED) is 0.718. The Morgan fingerprint density at radius 3 is 2.89 bits per heavy atom. The molecule has 0 aliphatic rings. The van der Waals surface area contributed by atoms with Crippen molar-refractivity contribution in [3.8, 4) is 0 Å². The molecule has 0 atom stereocenters. The maximum Gasteiger partial charge on any atom is 0.224 e. The zero-order valence-electron chi connectivity index (χ0n) is 11.9. The highest BCUT2D eigenvalue weighted by molar-refractivity contribution is 5.48. The molecule has 1 aromatic rings. The number of aryl methyl sites for hydroxylation is 1. The van der Waals surface area contributed by atoms with Crippen LogP contribution >= 0.6 is 0 Å². The monoisotopic (exact) mass is 252 g/mol. The van der Waals surface area contributed by atoms with E-state index in [1.54, 1.807) is 7.11 Å². The van der Waals surface area contributed by atoms with Crippen molar-refractivity contribution in [2.24, 2.45) is 0 Å². The lowest BCUT2D eigenvalue weighted by atomic mass is 10.3. The summed E-state index contributed by atoms with van der Waals surface area (Å²) in [6.45, 7) is 6.76. The van der Waals surface area contributed by atoms with E-state index in [0.717, 1.165) is 43.9 Å². The van der Waals surface area contributed by atoms with Crippen molar-refractivity contribution in [1.82, 2.24) is 9.97 Å². The highest BCUT2D eigenvalue weighted by atomic mass is 16.5. The summed E-state index contributed by atoms with van der Waals surface area (Å²) in [6.07, 6.45) is 3.93. The molecule has 1 rings (SSSR count). The molecule has 1 N–H and O–H groups in total. The molecule has 1 heterocycles. The van der Waals surface area contributed by atoms with Crippen LogP contribution in [0.4, 0.5) is 11.8 Å². The molecule has 102 valence electrons. The van der Waals surface area contributed by atoms with E-state index in [9.17, 15) is 0 Å². The van der Waals surface area contributed by atoms with Gasteiger partial charge in [0.05, 0.1) is 0 Å². The fourth-order valence-corrected chi connectivity index (χ4v) is 1.69. The van der Waals surface area contributed by atoms with E-state index in [-0.39, 0.29) is 0 Å². The fourth-order valence-electron chi connectivity index (χ4n) is 1.69. The van der Waals surface area contributed by atoms with Crippen LogP contribution in [-0.2, 0) is 4.74 Å². The summed E-state index contributed by atoms with van der Waals surface area (Å²) in [6, 6.07) is 0. The van der Waals surface area contributed by atoms with Gasteiger partial charge in [0.2, 0.25) is 5.95 Å². The third kappa shape index (κ3) is 4.49. The van der Waals surface area contributed by atoms with Gasteiger partial charge in [-0.05, 0) is 19.8 Å². The number of hydrogen-bond donors (Lipinski definition) is 1. The number of nitrogens with one attached hydrogen (secondary N) is 1. The van der Waals surface area contributed by atoms with Gasteiger partial charge in [-0.15, -0.1) is 0 Å². The molecule has 0 aliphatic heterocycles. The highest BCUT2D eigenvalue weighted by Crippen LogP contribution is 2.16. The number of aromatic nitrogens is 2. The second kappa shape index (κ2) is 7.87. The first-order valence-electron chi connectivity index (χ1n) is 6.46. The minimum Gasteiger partial charge on any atom is -0.385 e. The van der Waals surface area contributed by atoms with Crippen LogP contribution in [0.3, 0.4) is 0 Å². The Balaban J connectivity index is 2.66. The maximum absolute atomic E-state index is 5.06. The van der Waals surface area contributed by atoms with Crippen LogP contribution in [0.1, 0.15) is 25.3 Å². The normalized spacial score (nSPS) is 10.4. The molecular weight excluding hydrogens is 228 g/mol. The molecule has 0 spiro atoms. The van der Waals surface area contributed by atoms with Gasteiger partial charge in [0.15, 0.2) is 0 Å². The summed E-state index contributed by atoms with van der Waals surface area (Å²) in [5, 5.41) is 3.21. The Morgan fingerprint density at radius 2 is 2.22 bits per heavy atom. The number of rotatable bonds is 8. The highest BCUT2D eigenvalue weighted by Gasteiger charge is 2.08. The van der Waals surface area contributed by atoms with E-state index in [0.29, 0.717) is 5.95 Å². The predicted octanol–water partition coefficient (Wildman–Crippen LogP) is 2.08. The molecule has 0 aliphatic carbocycles. The van der Waals surface area contributed by atoms with E-state index in [1.807, 2.05) is 13.1 Å². The van der Waals surface area contributed by atoms with Crippen LogP contribution in [0.25, 0.3) is 0 Å². The van der Waals surface area contributed by atoms with Gasteiger partial charge >= 0.3 is 0 Å². The molecule has 5 nitrogen and oxygen atoms in total. The van der Waals surface area contributed by atoms with E-state index >= 15 is 0 Å². The molecule has 0 radical (unpaired) electrons. The lowest BCUT2D eigenvalue weighted by Gasteiger charge is -2.20. The van der Waals surface area contributed by atoms with Crippen LogP contribution in [0.2, 0.25) is 0 Å². The Hall–Kier alpha value is -1.36. The Bertz CT molecular complexity index is 357. The van der Waals surface area contributed by atoms with Gasteiger partial charge in [0.25, 0.3) is 0 Å². The van der Waals surface area contributed by atoms with Crippen molar-refractivity contribution in [1.29, 1.82) is 0 Å². The first kappa shape index (κ1) is 14.7. The lowest BCUT2D eigenvalue weighted by molar-refractivity contribution is 0.196. The van der Waals surface area contributed by atoms with Gasteiger partial charge in [-0.3, -0.25) is 0 Å². The standard InChI is InChI=1S/C13H24N4O/c1-5-7-14-13-15-10-11(2)12(16-13)17(3)8-6-9-18-4/h10H,5-9H2,1-4H3,(H,14,15,16). The number of ether oxygens (including phenoxy) is 1. The van der Waals surface area contributed by atoms with Crippen molar-refractivity contribution < 1.29 is 4.74 Å². The average Bonchev–Trinajstić information content (AvgIpc) is 2.38. The molecule has 0 aromatic carbocycles. The van der Waals surface area contributed by atoms with Crippen LogP contribution in [0.5, 0.6) is 0 Å². The molecule has 0 unspecified atom stereocenters. The Kier molecular flexibility index (Phi) is 6.43. The van der Waals surface area contributed by atoms with Crippen molar-refractivity contribution in [3.05, 3.63) is 11.8 Å². The average molecular weight is 252 g/mol. The van der Waals surface area contributed by atoms with Gasteiger partial charge in [-0.2, -0.15) is 4.98 Å². The molecule has 1 aromatic heterocycles. The summed E-state index contributed by atoms with van der Waals surface area (Å²) in [7, 11) is 3.78. The molecule has 0 saturated heterocycles. The van der Waals surface area contributed by atoms with E-state index in [4.69, 9.17) is 4.74 Å².